The minimum absolute atomic E-state index is 0.0311. The molecule has 0 aliphatic carbocycles. The van der Waals surface area contributed by atoms with Crippen molar-refractivity contribution in [2.24, 2.45) is 0 Å². The smallest absolute Gasteiger partial charge is 0.246 e. The van der Waals surface area contributed by atoms with E-state index >= 15 is 0 Å². The van der Waals surface area contributed by atoms with Gasteiger partial charge in [0, 0.05) is 38.7 Å². The summed E-state index contributed by atoms with van der Waals surface area (Å²) in [4.78, 5) is 56.4. The molecule has 2 rings (SSSR count). The number of hydrogen-bond acceptors (Lipinski definition) is 7. The molecular formula is C22H33N3O6S. The molecule has 2 heterocycles. The summed E-state index contributed by atoms with van der Waals surface area (Å²) in [7, 11) is 3.05. The third kappa shape index (κ3) is 6.85. The minimum atomic E-state index is -0.908. The molecule has 1 fully saturated rings. The van der Waals surface area contributed by atoms with Gasteiger partial charge in [0.05, 0.1) is 32.2 Å². The number of carbonyl (C=O) groups excluding carboxylic acids is 4. The minimum Gasteiger partial charge on any atom is -0.383 e. The SMILES string of the molecule is CCC(C=O)N(CCOC)C(=O)CC1C(=O)N(CCOC)CC(=O)N1CCc1cccs1. The van der Waals surface area contributed by atoms with Crippen molar-refractivity contribution in [3.8, 4) is 0 Å². The molecule has 1 aliphatic rings. The maximum Gasteiger partial charge on any atom is 0.246 e. The Morgan fingerprint density at radius 1 is 1.28 bits per heavy atom. The summed E-state index contributed by atoms with van der Waals surface area (Å²) in [6.07, 6.45) is 1.63. The van der Waals surface area contributed by atoms with Crippen molar-refractivity contribution in [1.82, 2.24) is 14.7 Å². The predicted octanol–water partition coefficient (Wildman–Crippen LogP) is 0.819. The second kappa shape index (κ2) is 13.3. The molecule has 2 atom stereocenters. The highest BCUT2D eigenvalue weighted by Gasteiger charge is 2.41. The van der Waals surface area contributed by atoms with Gasteiger partial charge in [0.2, 0.25) is 17.7 Å². The monoisotopic (exact) mass is 467 g/mol. The lowest BCUT2D eigenvalue weighted by Crippen LogP contribution is -2.62. The van der Waals surface area contributed by atoms with Gasteiger partial charge in [-0.05, 0) is 24.3 Å². The van der Waals surface area contributed by atoms with Gasteiger partial charge >= 0.3 is 0 Å². The summed E-state index contributed by atoms with van der Waals surface area (Å²) in [6.45, 7) is 3.24. The lowest BCUT2D eigenvalue weighted by atomic mass is 10.0. The molecule has 10 heteroatoms. The molecule has 1 saturated heterocycles. The molecule has 1 aromatic heterocycles. The molecule has 9 nitrogen and oxygen atoms in total. The molecule has 0 aromatic carbocycles. The van der Waals surface area contributed by atoms with Crippen LogP contribution in [0.2, 0.25) is 0 Å². The molecule has 2 unspecified atom stereocenters. The molecule has 32 heavy (non-hydrogen) atoms. The van der Waals surface area contributed by atoms with Crippen molar-refractivity contribution in [2.75, 3.05) is 53.6 Å². The summed E-state index contributed by atoms with van der Waals surface area (Å²) in [6, 6.07) is 2.41. The molecule has 0 bridgehead atoms. The van der Waals surface area contributed by atoms with E-state index in [0.29, 0.717) is 26.0 Å². The number of carbonyl (C=O) groups is 4. The van der Waals surface area contributed by atoms with Gasteiger partial charge in [0.15, 0.2) is 0 Å². The van der Waals surface area contributed by atoms with E-state index < -0.39 is 12.1 Å². The third-order valence-corrected chi connectivity index (χ3v) is 6.50. The summed E-state index contributed by atoms with van der Waals surface area (Å²) in [5, 5.41) is 1.96. The standard InChI is InChI=1S/C22H33N3O6S/c1-4-17(16-26)24(10-12-31-3)20(27)14-19-22(29)23(9-11-30-2)15-21(28)25(19)8-7-18-6-5-13-32-18/h5-6,13,16-17,19H,4,7-12,14-15H2,1-3H3. The van der Waals surface area contributed by atoms with Crippen LogP contribution in [0, 0.1) is 0 Å². The first-order chi connectivity index (χ1) is 15.5. The van der Waals surface area contributed by atoms with Gasteiger partial charge in [0.25, 0.3) is 0 Å². The number of ether oxygens (including phenoxy) is 2. The number of thiophene rings is 1. The van der Waals surface area contributed by atoms with Crippen LogP contribution in [0.25, 0.3) is 0 Å². The fourth-order valence-electron chi connectivity index (χ4n) is 3.74. The number of methoxy groups -OCH3 is 2. The Balaban J connectivity index is 2.23. The highest BCUT2D eigenvalue weighted by Crippen LogP contribution is 2.20. The average Bonchev–Trinajstić information content (AvgIpc) is 3.31. The molecule has 0 radical (unpaired) electrons. The van der Waals surface area contributed by atoms with Crippen LogP contribution in [-0.4, -0.2) is 104 Å². The Kier molecular flexibility index (Phi) is 10.8. The average molecular weight is 468 g/mol. The zero-order valence-electron chi connectivity index (χ0n) is 19.0. The molecule has 0 saturated carbocycles. The van der Waals surface area contributed by atoms with Crippen LogP contribution in [0.1, 0.15) is 24.6 Å². The van der Waals surface area contributed by atoms with Crippen LogP contribution < -0.4 is 0 Å². The zero-order valence-corrected chi connectivity index (χ0v) is 19.8. The first-order valence-electron chi connectivity index (χ1n) is 10.8. The van der Waals surface area contributed by atoms with Gasteiger partial charge in [-0.1, -0.05) is 13.0 Å². The fraction of sp³-hybridized carbons (Fsp3) is 0.636. The molecule has 3 amide bonds. The van der Waals surface area contributed by atoms with E-state index in [1.165, 1.54) is 28.9 Å². The summed E-state index contributed by atoms with van der Waals surface area (Å²) >= 11 is 1.59. The van der Waals surface area contributed by atoms with Gasteiger partial charge < -0.3 is 29.0 Å². The van der Waals surface area contributed by atoms with Crippen LogP contribution in [0.15, 0.2) is 17.5 Å². The first-order valence-corrected chi connectivity index (χ1v) is 11.7. The molecule has 1 aliphatic heterocycles. The highest BCUT2D eigenvalue weighted by molar-refractivity contribution is 7.09. The highest BCUT2D eigenvalue weighted by atomic mass is 32.1. The van der Waals surface area contributed by atoms with Crippen molar-refractivity contribution < 1.29 is 28.7 Å². The van der Waals surface area contributed by atoms with E-state index in [-0.39, 0.29) is 50.4 Å². The number of hydrogen-bond donors (Lipinski definition) is 0. The lowest BCUT2D eigenvalue weighted by molar-refractivity contribution is -0.159. The van der Waals surface area contributed by atoms with Crippen LogP contribution >= 0.6 is 11.3 Å². The van der Waals surface area contributed by atoms with Crippen LogP contribution in [-0.2, 0) is 35.1 Å². The van der Waals surface area contributed by atoms with Crippen LogP contribution in [0.3, 0.4) is 0 Å². The van der Waals surface area contributed by atoms with Crippen molar-refractivity contribution in [3.05, 3.63) is 22.4 Å². The van der Waals surface area contributed by atoms with E-state index in [2.05, 4.69) is 0 Å². The topological polar surface area (TPSA) is 96.5 Å². The van der Waals surface area contributed by atoms with Crippen molar-refractivity contribution in [2.45, 2.75) is 38.3 Å². The number of piperazine rings is 1. The largest absolute Gasteiger partial charge is 0.383 e. The molecule has 0 spiro atoms. The van der Waals surface area contributed by atoms with E-state index in [1.807, 2.05) is 24.4 Å². The van der Waals surface area contributed by atoms with E-state index in [0.717, 1.165) is 11.2 Å². The van der Waals surface area contributed by atoms with Crippen LogP contribution in [0.4, 0.5) is 0 Å². The van der Waals surface area contributed by atoms with Gasteiger partial charge in [-0.15, -0.1) is 11.3 Å². The van der Waals surface area contributed by atoms with Gasteiger partial charge in [-0.25, -0.2) is 0 Å². The quantitative estimate of drug-likeness (QED) is 0.376. The molecule has 178 valence electrons. The number of amides is 3. The summed E-state index contributed by atoms with van der Waals surface area (Å²) < 4.78 is 10.2. The molecule has 0 N–H and O–H groups in total. The Morgan fingerprint density at radius 2 is 2.03 bits per heavy atom. The maximum atomic E-state index is 13.2. The van der Waals surface area contributed by atoms with Crippen molar-refractivity contribution in [1.29, 1.82) is 0 Å². The normalized spacial score (nSPS) is 17.5. The van der Waals surface area contributed by atoms with E-state index in [9.17, 15) is 19.2 Å². The lowest BCUT2D eigenvalue weighted by Gasteiger charge is -2.41. The Hall–Kier alpha value is -2.30. The van der Waals surface area contributed by atoms with Gasteiger partial charge in [0.1, 0.15) is 12.3 Å². The third-order valence-electron chi connectivity index (χ3n) is 5.56. The fourth-order valence-corrected chi connectivity index (χ4v) is 4.44. The van der Waals surface area contributed by atoms with E-state index in [1.54, 1.807) is 11.3 Å². The van der Waals surface area contributed by atoms with Gasteiger partial charge in [-0.2, -0.15) is 0 Å². The predicted molar refractivity (Wildman–Crippen MR) is 120 cm³/mol. The second-order valence-corrected chi connectivity index (χ2v) is 8.61. The molecule has 1 aromatic rings. The summed E-state index contributed by atoms with van der Waals surface area (Å²) in [5.74, 6) is -0.810. The number of rotatable bonds is 14. The molecular weight excluding hydrogens is 434 g/mol. The van der Waals surface area contributed by atoms with Gasteiger partial charge in [-0.3, -0.25) is 14.4 Å². The zero-order chi connectivity index (χ0) is 23.5. The second-order valence-electron chi connectivity index (χ2n) is 7.58. The number of aldehydes is 1. The summed E-state index contributed by atoms with van der Waals surface area (Å²) in [5.41, 5.74) is 0. The Morgan fingerprint density at radius 3 is 2.62 bits per heavy atom. The first kappa shape index (κ1) is 26.0. The van der Waals surface area contributed by atoms with Crippen molar-refractivity contribution in [3.63, 3.8) is 0 Å². The maximum absolute atomic E-state index is 13.2. The van der Waals surface area contributed by atoms with E-state index in [4.69, 9.17) is 9.47 Å². The van der Waals surface area contributed by atoms with Crippen molar-refractivity contribution >= 4 is 35.3 Å². The Bertz CT molecular complexity index is 757. The number of nitrogens with zero attached hydrogens (tertiary/aromatic N) is 3. The Labute approximate surface area is 193 Å². The van der Waals surface area contributed by atoms with Crippen LogP contribution in [0.5, 0.6) is 0 Å².